The van der Waals surface area contributed by atoms with Crippen LogP contribution in [0.25, 0.3) is 0 Å². The number of rotatable bonds is 7. The lowest BCUT2D eigenvalue weighted by Gasteiger charge is -2.32. The number of methoxy groups -OCH3 is 1. The maximum atomic E-state index is 14.1. The lowest BCUT2D eigenvalue weighted by Crippen LogP contribution is -2.41. The number of aliphatic hydroxyl groups excluding tert-OH is 1. The van der Waals surface area contributed by atoms with Crippen LogP contribution in [0.1, 0.15) is 32.3 Å². The number of aliphatic hydroxyl groups is 1. The first kappa shape index (κ1) is 14.9. The summed E-state index contributed by atoms with van der Waals surface area (Å²) >= 11 is 0. The van der Waals surface area contributed by atoms with Crippen LogP contribution in [-0.4, -0.2) is 25.4 Å². The van der Waals surface area contributed by atoms with Crippen LogP contribution in [0, 0.1) is 5.82 Å². The first-order valence-corrected chi connectivity index (χ1v) is 6.28. The van der Waals surface area contributed by atoms with Gasteiger partial charge < -0.3 is 15.2 Å². The predicted molar refractivity (Wildman–Crippen MR) is 70.3 cm³/mol. The smallest absolute Gasteiger partial charge is 0.131 e. The van der Waals surface area contributed by atoms with Crippen LogP contribution in [-0.2, 0) is 5.54 Å². The third-order valence-electron chi connectivity index (χ3n) is 3.12. The zero-order valence-electron chi connectivity index (χ0n) is 11.3. The number of hydrogen-bond donors (Lipinski definition) is 2. The molecule has 1 aromatic carbocycles. The van der Waals surface area contributed by atoms with Gasteiger partial charge in [0.05, 0.1) is 7.11 Å². The molecule has 1 unspecified atom stereocenters. The fourth-order valence-electron chi connectivity index (χ4n) is 2.14. The van der Waals surface area contributed by atoms with E-state index in [9.17, 15) is 9.50 Å². The minimum absolute atomic E-state index is 0.00922. The molecule has 0 fully saturated rings. The average molecular weight is 255 g/mol. The van der Waals surface area contributed by atoms with E-state index >= 15 is 0 Å². The summed E-state index contributed by atoms with van der Waals surface area (Å²) in [4.78, 5) is 0. The Labute approximate surface area is 108 Å². The lowest BCUT2D eigenvalue weighted by molar-refractivity contribution is 0.213. The van der Waals surface area contributed by atoms with E-state index in [-0.39, 0.29) is 12.4 Å². The van der Waals surface area contributed by atoms with Crippen molar-refractivity contribution in [3.05, 3.63) is 29.6 Å². The number of ether oxygens (including phenoxy) is 1. The van der Waals surface area contributed by atoms with Gasteiger partial charge in [0.2, 0.25) is 0 Å². The second-order valence-corrected chi connectivity index (χ2v) is 4.55. The van der Waals surface area contributed by atoms with Gasteiger partial charge in [-0.2, -0.15) is 0 Å². The minimum Gasteiger partial charge on any atom is -0.496 e. The molecule has 0 aromatic heterocycles. The van der Waals surface area contributed by atoms with Crippen LogP contribution in [0.5, 0.6) is 5.75 Å². The highest BCUT2D eigenvalue weighted by molar-refractivity contribution is 5.40. The normalized spacial score (nSPS) is 14.3. The van der Waals surface area contributed by atoms with Crippen molar-refractivity contribution in [2.24, 2.45) is 0 Å². The Morgan fingerprint density at radius 3 is 2.72 bits per heavy atom. The van der Waals surface area contributed by atoms with Gasteiger partial charge in [0.15, 0.2) is 0 Å². The molecule has 1 rings (SSSR count). The van der Waals surface area contributed by atoms with Gasteiger partial charge in [-0.3, -0.25) is 0 Å². The van der Waals surface area contributed by atoms with Crippen LogP contribution in [0.2, 0.25) is 0 Å². The molecule has 0 aliphatic heterocycles. The molecule has 0 heterocycles. The minimum atomic E-state index is -0.624. The fraction of sp³-hybridized carbons (Fsp3) is 0.571. The molecule has 0 saturated carbocycles. The van der Waals surface area contributed by atoms with E-state index in [1.54, 1.807) is 12.1 Å². The van der Waals surface area contributed by atoms with Crippen LogP contribution in [0.15, 0.2) is 18.2 Å². The lowest BCUT2D eigenvalue weighted by atomic mass is 9.87. The maximum absolute atomic E-state index is 14.1. The van der Waals surface area contributed by atoms with E-state index in [4.69, 9.17) is 4.74 Å². The Hall–Kier alpha value is -1.13. The summed E-state index contributed by atoms with van der Waals surface area (Å²) in [5.74, 6) is 0.198. The highest BCUT2D eigenvalue weighted by Crippen LogP contribution is 2.34. The zero-order valence-corrected chi connectivity index (χ0v) is 11.3. The molecular weight excluding hydrogens is 233 g/mol. The van der Waals surface area contributed by atoms with Crippen molar-refractivity contribution in [1.82, 2.24) is 5.32 Å². The van der Waals surface area contributed by atoms with Crippen molar-refractivity contribution in [2.45, 2.75) is 32.2 Å². The highest BCUT2D eigenvalue weighted by atomic mass is 19.1. The molecule has 0 aliphatic carbocycles. The summed E-state index contributed by atoms with van der Waals surface area (Å²) in [6, 6.07) is 4.78. The summed E-state index contributed by atoms with van der Waals surface area (Å²) in [5.41, 5.74) is -0.142. The second-order valence-electron chi connectivity index (χ2n) is 4.55. The molecule has 0 amide bonds. The summed E-state index contributed by atoms with van der Waals surface area (Å²) in [6.07, 6.45) is 1.38. The third-order valence-corrected chi connectivity index (χ3v) is 3.12. The zero-order chi connectivity index (χ0) is 13.6. The summed E-state index contributed by atoms with van der Waals surface area (Å²) < 4.78 is 19.3. The quantitative estimate of drug-likeness (QED) is 0.786. The summed E-state index contributed by atoms with van der Waals surface area (Å²) in [7, 11) is 1.53. The molecule has 102 valence electrons. The first-order chi connectivity index (χ1) is 8.59. The Kier molecular flexibility index (Phi) is 5.56. The molecule has 0 radical (unpaired) electrons. The Balaban J connectivity index is 3.19. The van der Waals surface area contributed by atoms with Gasteiger partial charge in [0.1, 0.15) is 11.6 Å². The first-order valence-electron chi connectivity index (χ1n) is 6.28. The number of nitrogens with one attached hydrogen (secondary N) is 1. The van der Waals surface area contributed by atoms with Crippen molar-refractivity contribution in [3.8, 4) is 5.75 Å². The summed E-state index contributed by atoms with van der Waals surface area (Å²) in [5, 5.41) is 12.5. The van der Waals surface area contributed by atoms with Gasteiger partial charge in [-0.05, 0) is 38.4 Å². The highest BCUT2D eigenvalue weighted by Gasteiger charge is 2.31. The van der Waals surface area contributed by atoms with E-state index in [2.05, 4.69) is 5.32 Å². The molecule has 1 aromatic rings. The van der Waals surface area contributed by atoms with E-state index in [0.717, 1.165) is 13.0 Å². The SMILES string of the molecule is CCCNC(C)(CCO)c1c(F)cccc1OC. The van der Waals surface area contributed by atoms with E-state index in [1.807, 2.05) is 13.8 Å². The topological polar surface area (TPSA) is 41.5 Å². The van der Waals surface area contributed by atoms with Gasteiger partial charge in [-0.15, -0.1) is 0 Å². The van der Waals surface area contributed by atoms with Gasteiger partial charge in [-0.25, -0.2) is 4.39 Å². The van der Waals surface area contributed by atoms with Crippen molar-refractivity contribution in [2.75, 3.05) is 20.3 Å². The molecule has 0 bridgehead atoms. The third kappa shape index (κ3) is 3.21. The molecule has 4 heteroatoms. The molecule has 2 N–H and O–H groups in total. The molecule has 1 atom stereocenters. The molecule has 0 saturated heterocycles. The Morgan fingerprint density at radius 1 is 1.44 bits per heavy atom. The summed E-state index contributed by atoms with van der Waals surface area (Å²) in [6.45, 7) is 4.68. The monoisotopic (exact) mass is 255 g/mol. The van der Waals surface area contributed by atoms with E-state index in [1.165, 1.54) is 13.2 Å². The molecule has 3 nitrogen and oxygen atoms in total. The fourth-order valence-corrected chi connectivity index (χ4v) is 2.14. The predicted octanol–water partition coefficient (Wildman–Crippen LogP) is 2.43. The van der Waals surface area contributed by atoms with Crippen molar-refractivity contribution in [1.29, 1.82) is 0 Å². The van der Waals surface area contributed by atoms with Crippen LogP contribution in [0.3, 0.4) is 0 Å². The number of hydrogen-bond acceptors (Lipinski definition) is 3. The second kappa shape index (κ2) is 6.71. The van der Waals surface area contributed by atoms with Crippen molar-refractivity contribution in [3.63, 3.8) is 0 Å². The number of halogens is 1. The number of benzene rings is 1. The van der Waals surface area contributed by atoms with Gasteiger partial charge in [-0.1, -0.05) is 13.0 Å². The molecular formula is C14H22FNO2. The van der Waals surface area contributed by atoms with Crippen molar-refractivity contribution >= 4 is 0 Å². The largest absolute Gasteiger partial charge is 0.496 e. The Bertz CT molecular complexity index is 384. The van der Waals surface area contributed by atoms with Gasteiger partial charge in [0.25, 0.3) is 0 Å². The van der Waals surface area contributed by atoms with Crippen LogP contribution >= 0.6 is 0 Å². The van der Waals surface area contributed by atoms with Crippen LogP contribution in [0.4, 0.5) is 4.39 Å². The standard InChI is InChI=1S/C14H22FNO2/c1-4-9-16-14(2,8-10-17)13-11(15)6-5-7-12(13)18-3/h5-7,16-17H,4,8-10H2,1-3H3. The Morgan fingerprint density at radius 2 is 2.17 bits per heavy atom. The van der Waals surface area contributed by atoms with Gasteiger partial charge in [0, 0.05) is 17.7 Å². The maximum Gasteiger partial charge on any atom is 0.131 e. The van der Waals surface area contributed by atoms with E-state index in [0.29, 0.717) is 17.7 Å². The molecule has 0 aliphatic rings. The van der Waals surface area contributed by atoms with Crippen LogP contribution < -0.4 is 10.1 Å². The molecule has 0 spiro atoms. The average Bonchev–Trinajstić information content (AvgIpc) is 2.36. The molecule has 18 heavy (non-hydrogen) atoms. The van der Waals surface area contributed by atoms with E-state index < -0.39 is 5.54 Å². The van der Waals surface area contributed by atoms with Gasteiger partial charge >= 0.3 is 0 Å². The van der Waals surface area contributed by atoms with Crippen molar-refractivity contribution < 1.29 is 14.2 Å².